The van der Waals surface area contributed by atoms with Gasteiger partial charge in [-0.3, -0.25) is 19.2 Å². The molecule has 18 heteroatoms. The van der Waals surface area contributed by atoms with Gasteiger partial charge in [-0.2, -0.15) is 0 Å². The number of halogens is 3. The SMILES string of the molecule is CC(C)(C)[C@H](c1cc(C2CC(F)=CC=C2F)cn1Cc1ccccc1)N(CC[C@H](N)C(=O)N[C@H](CNC[C@@](C=O)(CC(=O)O)NC(=O)CBr)C(O)O)C(=O)CO. The number of carbonyl (C=O) groups excluding carboxylic acids is 4. The van der Waals surface area contributed by atoms with Gasteiger partial charge in [0.1, 0.15) is 30.1 Å². The van der Waals surface area contributed by atoms with Crippen LogP contribution < -0.4 is 21.7 Å². The van der Waals surface area contributed by atoms with E-state index in [4.69, 9.17) is 5.73 Å². The second-order valence-corrected chi connectivity index (χ2v) is 15.4. The third kappa shape index (κ3) is 12.9. The Kier molecular flexibility index (Phi) is 17.0. The molecule has 0 fully saturated rings. The number of carboxylic acids is 1. The fourth-order valence-electron chi connectivity index (χ4n) is 6.60. The molecule has 1 aromatic carbocycles. The van der Waals surface area contributed by atoms with E-state index in [0.717, 1.165) is 17.7 Å². The molecule has 308 valence electrons. The van der Waals surface area contributed by atoms with Gasteiger partial charge in [0, 0.05) is 50.4 Å². The number of aliphatic hydroxyl groups excluding tert-OH is 2. The molecule has 15 nitrogen and oxygen atoms in total. The minimum absolute atomic E-state index is 0.161. The molecule has 0 spiro atoms. The molecule has 1 aliphatic rings. The Morgan fingerprint density at radius 2 is 1.80 bits per heavy atom. The van der Waals surface area contributed by atoms with Crippen LogP contribution in [-0.4, -0.2) is 115 Å². The Balaban J connectivity index is 1.86. The highest BCUT2D eigenvalue weighted by atomic mass is 79.9. The predicted octanol–water partition coefficient (Wildman–Crippen LogP) is 1.66. The van der Waals surface area contributed by atoms with Gasteiger partial charge < -0.3 is 56.4 Å². The van der Waals surface area contributed by atoms with Gasteiger partial charge in [-0.05, 0) is 41.2 Å². The van der Waals surface area contributed by atoms with E-state index in [-0.39, 0.29) is 31.0 Å². The van der Waals surface area contributed by atoms with Crippen LogP contribution in [0.3, 0.4) is 0 Å². The van der Waals surface area contributed by atoms with Crippen molar-refractivity contribution in [3.8, 4) is 0 Å². The minimum Gasteiger partial charge on any atom is -0.481 e. The molecule has 1 aliphatic carbocycles. The van der Waals surface area contributed by atoms with Crippen LogP contribution in [0.15, 0.2) is 66.4 Å². The van der Waals surface area contributed by atoms with Crippen molar-refractivity contribution in [3.05, 3.63) is 83.2 Å². The van der Waals surface area contributed by atoms with E-state index in [2.05, 4.69) is 31.9 Å². The van der Waals surface area contributed by atoms with E-state index in [1.54, 1.807) is 12.3 Å². The number of carboxylic acid groups (broad SMARTS) is 1. The molecule has 1 unspecified atom stereocenters. The summed E-state index contributed by atoms with van der Waals surface area (Å²) in [6.07, 6.45) is 0.870. The Morgan fingerprint density at radius 3 is 2.38 bits per heavy atom. The van der Waals surface area contributed by atoms with Crippen molar-refractivity contribution in [2.75, 3.05) is 31.6 Å². The lowest BCUT2D eigenvalue weighted by atomic mass is 9.82. The molecule has 0 saturated carbocycles. The number of amides is 3. The van der Waals surface area contributed by atoms with Crippen molar-refractivity contribution in [1.82, 2.24) is 25.4 Å². The molecule has 9 N–H and O–H groups in total. The predicted molar refractivity (Wildman–Crippen MR) is 205 cm³/mol. The number of aliphatic carboxylic acids is 1. The number of allylic oxidation sites excluding steroid dienone is 4. The number of carbonyl (C=O) groups is 5. The fraction of sp³-hybridized carbons (Fsp3) is 0.500. The maximum absolute atomic E-state index is 15.1. The number of aldehydes is 1. The molecule has 1 heterocycles. The normalized spacial score (nSPS) is 17.2. The average molecular weight is 854 g/mol. The molecule has 0 saturated heterocycles. The number of benzene rings is 1. The van der Waals surface area contributed by atoms with E-state index >= 15 is 4.39 Å². The lowest BCUT2D eigenvalue weighted by Crippen LogP contribution is -2.60. The van der Waals surface area contributed by atoms with Gasteiger partial charge in [-0.1, -0.05) is 67.0 Å². The summed E-state index contributed by atoms with van der Waals surface area (Å²) in [6, 6.07) is 7.57. The number of alkyl halides is 1. The number of nitrogens with two attached hydrogens (primary N) is 1. The number of aromatic nitrogens is 1. The number of nitrogens with one attached hydrogen (secondary N) is 3. The second kappa shape index (κ2) is 20.7. The van der Waals surface area contributed by atoms with Crippen LogP contribution in [0, 0.1) is 5.41 Å². The average Bonchev–Trinajstić information content (AvgIpc) is 3.54. The highest BCUT2D eigenvalue weighted by molar-refractivity contribution is 9.09. The molecule has 56 heavy (non-hydrogen) atoms. The maximum atomic E-state index is 15.1. The van der Waals surface area contributed by atoms with Crippen LogP contribution in [0.25, 0.3) is 0 Å². The lowest BCUT2D eigenvalue weighted by Gasteiger charge is -2.41. The molecule has 0 aliphatic heterocycles. The Labute approximate surface area is 332 Å². The summed E-state index contributed by atoms with van der Waals surface area (Å²) in [7, 11) is 0. The van der Waals surface area contributed by atoms with Crippen LogP contribution >= 0.6 is 15.9 Å². The zero-order valence-electron chi connectivity index (χ0n) is 31.5. The van der Waals surface area contributed by atoms with Crippen molar-refractivity contribution in [2.24, 2.45) is 11.1 Å². The van der Waals surface area contributed by atoms with Gasteiger partial charge in [0.15, 0.2) is 6.29 Å². The second-order valence-electron chi connectivity index (χ2n) is 14.8. The Bertz CT molecular complexity index is 1750. The molecule has 3 amide bonds. The van der Waals surface area contributed by atoms with E-state index in [1.165, 1.54) is 4.90 Å². The van der Waals surface area contributed by atoms with Gasteiger partial charge in [0.05, 0.1) is 29.9 Å². The number of hydrogen-bond acceptors (Lipinski definition) is 10. The Morgan fingerprint density at radius 1 is 1.12 bits per heavy atom. The number of aliphatic hydroxyl groups is 3. The first-order valence-electron chi connectivity index (χ1n) is 17.9. The molecular formula is C38H51BrF2N6O9. The van der Waals surface area contributed by atoms with E-state index in [9.17, 15) is 48.8 Å². The summed E-state index contributed by atoms with van der Waals surface area (Å²) in [5.74, 6) is -5.51. The first kappa shape index (κ1) is 46.1. The molecule has 0 radical (unpaired) electrons. The van der Waals surface area contributed by atoms with Gasteiger partial charge in [-0.25, -0.2) is 8.78 Å². The van der Waals surface area contributed by atoms with E-state index in [1.807, 2.05) is 55.7 Å². The summed E-state index contributed by atoms with van der Waals surface area (Å²) in [4.78, 5) is 63.4. The third-order valence-electron chi connectivity index (χ3n) is 9.28. The lowest BCUT2D eigenvalue weighted by molar-refractivity contribution is -0.141. The summed E-state index contributed by atoms with van der Waals surface area (Å²) >= 11 is 2.93. The summed E-state index contributed by atoms with van der Waals surface area (Å²) in [6.45, 7) is 4.03. The smallest absolute Gasteiger partial charge is 0.306 e. The van der Waals surface area contributed by atoms with E-state index in [0.29, 0.717) is 17.8 Å². The molecule has 2 aromatic rings. The summed E-state index contributed by atoms with van der Waals surface area (Å²) < 4.78 is 31.4. The quantitative estimate of drug-likeness (QED) is 0.0511. The zero-order chi connectivity index (χ0) is 41.8. The van der Waals surface area contributed by atoms with Gasteiger partial charge >= 0.3 is 5.97 Å². The number of nitrogens with zero attached hydrogens (tertiary/aromatic N) is 2. The number of hydrogen-bond donors (Lipinski definition) is 8. The maximum Gasteiger partial charge on any atom is 0.306 e. The van der Waals surface area contributed by atoms with Crippen molar-refractivity contribution in [3.63, 3.8) is 0 Å². The van der Waals surface area contributed by atoms with Gasteiger partial charge in [0.2, 0.25) is 17.7 Å². The van der Waals surface area contributed by atoms with Crippen molar-refractivity contribution in [2.45, 2.75) is 82.5 Å². The van der Waals surface area contributed by atoms with Crippen LogP contribution in [0.1, 0.15) is 68.8 Å². The topological polar surface area (TPSA) is 237 Å². The van der Waals surface area contributed by atoms with E-state index < -0.39 is 103 Å². The molecular weight excluding hydrogens is 802 g/mol. The molecule has 1 aromatic heterocycles. The highest BCUT2D eigenvalue weighted by Crippen LogP contribution is 2.43. The summed E-state index contributed by atoms with van der Waals surface area (Å²) in [5.41, 5.74) is 5.59. The zero-order valence-corrected chi connectivity index (χ0v) is 33.0. The van der Waals surface area contributed by atoms with Crippen molar-refractivity contribution >= 4 is 45.9 Å². The number of rotatable bonds is 21. The van der Waals surface area contributed by atoms with Crippen LogP contribution in [0.2, 0.25) is 0 Å². The fourth-order valence-corrected chi connectivity index (χ4v) is 6.74. The Hall–Kier alpha value is -4.33. The molecule has 5 atom stereocenters. The minimum atomic E-state index is -2.14. The van der Waals surface area contributed by atoms with Crippen LogP contribution in [-0.2, 0) is 30.5 Å². The van der Waals surface area contributed by atoms with Crippen LogP contribution in [0.4, 0.5) is 8.78 Å². The van der Waals surface area contributed by atoms with Crippen LogP contribution in [0.5, 0.6) is 0 Å². The highest BCUT2D eigenvalue weighted by Gasteiger charge is 2.39. The standard InChI is InChI=1S/C38H51BrF2N6O9/c1-37(2,3)34(30-13-24(26-14-25(40)9-10-27(26)41)19-46(30)18-23-7-5-4-6-8-23)47(32(51)20-48)12-11-28(42)35(54)44-29(36(55)56)17-43-21-38(22-49,15-33(52)53)45-31(50)16-39/h4-10,13,19,22,26,28-29,34,36,43,48,55-56H,11-12,14-18,20-21,42H2,1-3H3,(H,44,54)(H,45,50)(H,52,53)/t26?,28-,29+,34-,38+/m0/s1. The first-order valence-corrected chi connectivity index (χ1v) is 19.0. The summed E-state index contributed by atoms with van der Waals surface area (Å²) in [5, 5.41) is 46.6. The third-order valence-corrected chi connectivity index (χ3v) is 9.79. The van der Waals surface area contributed by atoms with Crippen molar-refractivity contribution < 1.29 is 53.2 Å². The van der Waals surface area contributed by atoms with Crippen molar-refractivity contribution in [1.29, 1.82) is 0 Å². The molecule has 3 rings (SSSR count). The molecule has 0 bridgehead atoms. The monoisotopic (exact) mass is 852 g/mol. The van der Waals surface area contributed by atoms with Gasteiger partial charge in [-0.15, -0.1) is 0 Å². The largest absolute Gasteiger partial charge is 0.481 e. The first-order chi connectivity index (χ1) is 26.3. The van der Waals surface area contributed by atoms with Gasteiger partial charge in [0.25, 0.3) is 0 Å².